The molecule has 2 rings (SSSR count). The number of rotatable bonds is 2. The number of halogens is 2. The van der Waals surface area contributed by atoms with Crippen molar-refractivity contribution >= 4 is 29.3 Å². The van der Waals surface area contributed by atoms with E-state index in [1.54, 1.807) is 18.2 Å². The largest absolute Gasteiger partial charge is 0.465 e. The van der Waals surface area contributed by atoms with Gasteiger partial charge in [0.25, 0.3) is 0 Å². The molecule has 0 saturated carbocycles. The van der Waals surface area contributed by atoms with E-state index in [4.69, 9.17) is 33.7 Å². The first kappa shape index (κ1) is 20.3. The molecule has 4 N–H and O–H groups in total. The van der Waals surface area contributed by atoms with Crippen LogP contribution in [-0.4, -0.2) is 52.5 Å². The summed E-state index contributed by atoms with van der Waals surface area (Å²) in [6.45, 7) is 5.68. The summed E-state index contributed by atoms with van der Waals surface area (Å²) in [6, 6.07) is 4.94. The maximum Gasteiger partial charge on any atom is 0.407 e. The minimum atomic E-state index is -1.59. The van der Waals surface area contributed by atoms with Crippen molar-refractivity contribution in [1.82, 2.24) is 4.90 Å². The summed E-state index contributed by atoms with van der Waals surface area (Å²) in [7, 11) is 0. The second-order valence-electron chi connectivity index (χ2n) is 7.52. The van der Waals surface area contributed by atoms with Crippen LogP contribution in [0.4, 0.5) is 4.79 Å². The van der Waals surface area contributed by atoms with Crippen LogP contribution in [0.1, 0.15) is 32.4 Å². The Morgan fingerprint density at radius 2 is 2.04 bits per heavy atom. The van der Waals surface area contributed by atoms with Crippen molar-refractivity contribution in [2.75, 3.05) is 19.6 Å². The van der Waals surface area contributed by atoms with Crippen LogP contribution in [0.25, 0.3) is 0 Å². The molecule has 0 spiro atoms. The zero-order chi connectivity index (χ0) is 19.0. The summed E-state index contributed by atoms with van der Waals surface area (Å²) in [5.41, 5.74) is 4.48. The van der Waals surface area contributed by atoms with Crippen LogP contribution >= 0.6 is 23.2 Å². The Bertz CT molecular complexity index is 650. The van der Waals surface area contributed by atoms with Crippen LogP contribution in [0.3, 0.4) is 0 Å². The SMILES string of the molecule is CC(C)(C)[C@@H]1CN(C(=O)O)C[C@@](O)(CN)[C@H](c2ccc(Cl)c(Cl)c2)O1. The summed E-state index contributed by atoms with van der Waals surface area (Å²) in [6.07, 6.45) is -2.40. The molecule has 1 aliphatic heterocycles. The van der Waals surface area contributed by atoms with Gasteiger partial charge in [0.1, 0.15) is 11.7 Å². The Kier molecular flexibility index (Phi) is 5.91. The number of hydrogen-bond acceptors (Lipinski definition) is 4. The first-order chi connectivity index (χ1) is 11.5. The highest BCUT2D eigenvalue weighted by atomic mass is 35.5. The molecule has 0 radical (unpaired) electrons. The molecular weight excluding hydrogens is 367 g/mol. The van der Waals surface area contributed by atoms with Gasteiger partial charge in [-0.2, -0.15) is 0 Å². The highest BCUT2D eigenvalue weighted by Crippen LogP contribution is 2.40. The Hall–Kier alpha value is -1.05. The number of aliphatic hydroxyl groups is 1. The van der Waals surface area contributed by atoms with Crippen LogP contribution in [0, 0.1) is 5.41 Å². The molecule has 1 aliphatic rings. The van der Waals surface area contributed by atoms with Crippen molar-refractivity contribution in [3.05, 3.63) is 33.8 Å². The zero-order valence-electron chi connectivity index (χ0n) is 14.5. The van der Waals surface area contributed by atoms with Crippen LogP contribution in [0.2, 0.25) is 10.0 Å². The van der Waals surface area contributed by atoms with Crippen LogP contribution in [0.15, 0.2) is 18.2 Å². The highest BCUT2D eigenvalue weighted by Gasteiger charge is 2.47. The van der Waals surface area contributed by atoms with E-state index in [1.807, 2.05) is 20.8 Å². The van der Waals surface area contributed by atoms with Gasteiger partial charge in [-0.25, -0.2) is 4.79 Å². The Balaban J connectivity index is 2.52. The lowest BCUT2D eigenvalue weighted by atomic mass is 9.88. The predicted molar refractivity (Wildman–Crippen MR) is 97.1 cm³/mol. The van der Waals surface area contributed by atoms with Crippen LogP contribution in [-0.2, 0) is 4.74 Å². The van der Waals surface area contributed by atoms with E-state index in [2.05, 4.69) is 0 Å². The van der Waals surface area contributed by atoms with Gasteiger partial charge in [0, 0.05) is 6.54 Å². The normalized spacial score (nSPS) is 27.9. The molecule has 3 atom stereocenters. The smallest absolute Gasteiger partial charge is 0.407 e. The first-order valence-corrected chi connectivity index (χ1v) is 8.74. The number of amides is 1. The molecule has 1 fully saturated rings. The van der Waals surface area contributed by atoms with E-state index in [0.29, 0.717) is 15.6 Å². The summed E-state index contributed by atoms with van der Waals surface area (Å²) in [5, 5.41) is 21.3. The molecule has 0 aliphatic carbocycles. The van der Waals surface area contributed by atoms with Crippen molar-refractivity contribution < 1.29 is 19.7 Å². The third kappa shape index (κ3) is 4.38. The summed E-state index contributed by atoms with van der Waals surface area (Å²) >= 11 is 12.1. The lowest BCUT2D eigenvalue weighted by molar-refractivity contribution is -0.137. The molecule has 1 heterocycles. The fourth-order valence-electron chi connectivity index (χ4n) is 2.87. The van der Waals surface area contributed by atoms with Gasteiger partial charge in [-0.1, -0.05) is 50.0 Å². The van der Waals surface area contributed by atoms with Crippen molar-refractivity contribution in [2.24, 2.45) is 11.1 Å². The molecule has 25 heavy (non-hydrogen) atoms. The quantitative estimate of drug-likeness (QED) is 0.720. The van der Waals surface area contributed by atoms with Gasteiger partial charge in [0.15, 0.2) is 0 Å². The molecule has 6 nitrogen and oxygen atoms in total. The molecular formula is C17H24Cl2N2O4. The number of benzene rings is 1. The van der Waals surface area contributed by atoms with Crippen molar-refractivity contribution in [2.45, 2.75) is 38.6 Å². The molecule has 0 aromatic heterocycles. The minimum Gasteiger partial charge on any atom is -0.465 e. The average molecular weight is 391 g/mol. The van der Waals surface area contributed by atoms with Gasteiger partial charge in [0.05, 0.1) is 29.2 Å². The van der Waals surface area contributed by atoms with E-state index in [0.717, 1.165) is 4.90 Å². The fourth-order valence-corrected chi connectivity index (χ4v) is 3.18. The minimum absolute atomic E-state index is 0.138. The Labute approximate surface area is 157 Å². The van der Waals surface area contributed by atoms with Crippen molar-refractivity contribution in [1.29, 1.82) is 0 Å². The van der Waals surface area contributed by atoms with Gasteiger partial charge in [-0.15, -0.1) is 0 Å². The lowest BCUT2D eigenvalue weighted by Gasteiger charge is -2.37. The van der Waals surface area contributed by atoms with Gasteiger partial charge >= 0.3 is 6.09 Å². The second-order valence-corrected chi connectivity index (χ2v) is 8.33. The van der Waals surface area contributed by atoms with Crippen molar-refractivity contribution in [3.63, 3.8) is 0 Å². The molecule has 1 amide bonds. The van der Waals surface area contributed by atoms with Gasteiger partial charge in [-0.05, 0) is 23.1 Å². The van der Waals surface area contributed by atoms with Gasteiger partial charge in [0.2, 0.25) is 0 Å². The third-order valence-corrected chi connectivity index (χ3v) is 5.21. The maximum atomic E-state index is 11.6. The number of ether oxygens (including phenoxy) is 1. The number of nitrogens with zero attached hydrogens (tertiary/aromatic N) is 1. The molecule has 0 unspecified atom stereocenters. The van der Waals surface area contributed by atoms with E-state index < -0.39 is 23.9 Å². The molecule has 0 bridgehead atoms. The van der Waals surface area contributed by atoms with E-state index in [9.17, 15) is 15.0 Å². The van der Waals surface area contributed by atoms with E-state index in [1.165, 1.54) is 0 Å². The third-order valence-electron chi connectivity index (χ3n) is 4.48. The topological polar surface area (TPSA) is 96.0 Å². The monoisotopic (exact) mass is 390 g/mol. The summed E-state index contributed by atoms with van der Waals surface area (Å²) in [5.74, 6) is 0. The van der Waals surface area contributed by atoms with Crippen LogP contribution in [0.5, 0.6) is 0 Å². The average Bonchev–Trinajstić information content (AvgIpc) is 2.67. The predicted octanol–water partition coefficient (Wildman–Crippen LogP) is 3.15. The molecule has 8 heteroatoms. The fraction of sp³-hybridized carbons (Fsp3) is 0.588. The second kappa shape index (κ2) is 7.29. The van der Waals surface area contributed by atoms with E-state index >= 15 is 0 Å². The molecule has 1 aromatic carbocycles. The maximum absolute atomic E-state index is 11.6. The first-order valence-electron chi connectivity index (χ1n) is 7.98. The lowest BCUT2D eigenvalue weighted by Crippen LogP contribution is -2.52. The summed E-state index contributed by atoms with van der Waals surface area (Å²) in [4.78, 5) is 12.8. The zero-order valence-corrected chi connectivity index (χ0v) is 16.0. The number of β-amino-alcohol motifs (C(OH)–C–C–N with tert-alkyl or cyclic N) is 1. The van der Waals surface area contributed by atoms with Gasteiger partial charge in [-0.3, -0.25) is 0 Å². The van der Waals surface area contributed by atoms with E-state index in [-0.39, 0.29) is 25.0 Å². The Morgan fingerprint density at radius 3 is 2.52 bits per heavy atom. The molecule has 140 valence electrons. The molecule has 1 aromatic rings. The Morgan fingerprint density at radius 1 is 1.40 bits per heavy atom. The number of hydrogen-bond donors (Lipinski definition) is 3. The van der Waals surface area contributed by atoms with Crippen molar-refractivity contribution in [3.8, 4) is 0 Å². The standard InChI is InChI=1S/C17H24Cl2N2O4/c1-16(2,3)13-7-21(15(22)23)9-17(24,8-20)14(25-13)10-4-5-11(18)12(19)6-10/h4-6,13-14,24H,7-9,20H2,1-3H3,(H,22,23)/t13-,14-,17-/m0/s1. The molecule has 1 saturated heterocycles. The number of carboxylic acid groups (broad SMARTS) is 1. The van der Waals surface area contributed by atoms with Crippen LogP contribution < -0.4 is 5.73 Å². The number of carbonyl (C=O) groups is 1. The summed E-state index contributed by atoms with van der Waals surface area (Å²) < 4.78 is 6.21. The van der Waals surface area contributed by atoms with Gasteiger partial charge < -0.3 is 25.6 Å². The number of nitrogens with two attached hydrogens (primary N) is 1. The highest BCUT2D eigenvalue weighted by molar-refractivity contribution is 6.42.